The topological polar surface area (TPSA) is 338 Å². The fourth-order valence-electron chi connectivity index (χ4n) is 5.94. The van der Waals surface area contributed by atoms with Gasteiger partial charge in [-0.25, -0.2) is 38.5 Å². The number of amides is 2. The number of urea groups is 1. The third kappa shape index (κ3) is 14.3. The molecule has 6 aromatic rings. The van der Waals surface area contributed by atoms with Crippen LogP contribution in [0.4, 0.5) is 38.9 Å². The summed E-state index contributed by atoms with van der Waals surface area (Å²) in [7, 11) is -17.3. The minimum atomic E-state index is -5.00. The molecule has 0 aliphatic carbocycles. The van der Waals surface area contributed by atoms with Crippen LogP contribution in [0.1, 0.15) is 11.1 Å². The van der Waals surface area contributed by atoms with Gasteiger partial charge < -0.3 is 38.3 Å². The van der Waals surface area contributed by atoms with Crippen LogP contribution in [0.15, 0.2) is 125 Å². The molecule has 0 fully saturated rings. The number of nitrogens with zero attached hydrogens (tertiary/aromatic N) is 4. The van der Waals surface area contributed by atoms with Crippen LogP contribution >= 0.6 is 0 Å². The third-order valence-electron chi connectivity index (χ3n) is 8.97. The molecule has 0 aliphatic rings. The van der Waals surface area contributed by atoms with Gasteiger partial charge in [0, 0.05) is 22.9 Å². The van der Waals surface area contributed by atoms with E-state index in [0.717, 1.165) is 60.7 Å². The number of hydrogen-bond donors (Lipinski definition) is 2. The van der Waals surface area contributed by atoms with Gasteiger partial charge in [0.15, 0.2) is 0 Å². The zero-order valence-corrected chi connectivity index (χ0v) is 47.4. The van der Waals surface area contributed by atoms with Gasteiger partial charge in [0.25, 0.3) is 0 Å². The zero-order valence-electron chi connectivity index (χ0n) is 36.1. The molecular formula is C37H28N6Na4O15S4. The van der Waals surface area contributed by atoms with Gasteiger partial charge in [0.1, 0.15) is 52.0 Å². The van der Waals surface area contributed by atoms with Crippen molar-refractivity contribution in [2.75, 3.05) is 24.9 Å². The first-order valence-corrected chi connectivity index (χ1v) is 22.8. The van der Waals surface area contributed by atoms with Gasteiger partial charge in [-0.2, -0.15) is 10.2 Å². The molecule has 0 bridgehead atoms. The van der Waals surface area contributed by atoms with Crippen LogP contribution < -0.4 is 138 Å². The van der Waals surface area contributed by atoms with E-state index in [2.05, 4.69) is 31.1 Å². The average molecular weight is 1020 g/mol. The largest absolute Gasteiger partial charge is 1.00 e. The number of carbonyl (C=O) groups excluding carboxylic acids is 1. The second-order valence-electron chi connectivity index (χ2n) is 13.1. The number of nitrogens with one attached hydrogen (secondary N) is 2. The summed E-state index contributed by atoms with van der Waals surface area (Å²) in [5.41, 5.74) is 0.842. The summed E-state index contributed by atoms with van der Waals surface area (Å²) in [6, 6.07) is 14.8. The molecule has 0 unspecified atom stereocenters. The molecule has 0 heterocycles. The molecule has 29 heteroatoms. The molecule has 6 rings (SSSR count). The van der Waals surface area contributed by atoms with E-state index < -0.39 is 66.1 Å². The first-order valence-electron chi connectivity index (χ1n) is 17.1. The van der Waals surface area contributed by atoms with Crippen LogP contribution in [0, 0.1) is 13.8 Å². The summed E-state index contributed by atoms with van der Waals surface area (Å²) in [4.78, 5) is 10.7. The number of benzene rings is 6. The van der Waals surface area contributed by atoms with E-state index in [9.17, 15) is 56.7 Å². The van der Waals surface area contributed by atoms with Crippen molar-refractivity contribution in [1.82, 2.24) is 0 Å². The fourth-order valence-corrected chi connectivity index (χ4v) is 7.99. The molecule has 324 valence electrons. The molecule has 0 aromatic heterocycles. The molecule has 6 aromatic carbocycles. The predicted molar refractivity (Wildman–Crippen MR) is 216 cm³/mol. The molecule has 0 saturated heterocycles. The Balaban J connectivity index is 0.00000374. The van der Waals surface area contributed by atoms with Crippen LogP contribution in [0.25, 0.3) is 21.5 Å². The summed E-state index contributed by atoms with van der Waals surface area (Å²) in [6.07, 6.45) is 0. The Hall–Kier alpha value is -2.45. The Kier molecular flexibility index (Phi) is 21.2. The van der Waals surface area contributed by atoms with Gasteiger partial charge in [-0.3, -0.25) is 0 Å². The van der Waals surface area contributed by atoms with Gasteiger partial charge in [0.2, 0.25) is 0 Å². The number of aryl methyl sites for hydroxylation is 2. The first-order chi connectivity index (χ1) is 28.8. The van der Waals surface area contributed by atoms with Crippen molar-refractivity contribution in [1.29, 1.82) is 0 Å². The fraction of sp³-hybridized carbons (Fsp3) is 0.108. The molecule has 0 saturated carbocycles. The van der Waals surface area contributed by atoms with Crippen LogP contribution in [0.3, 0.4) is 0 Å². The minimum Gasteiger partial charge on any atom is -0.744 e. The summed E-state index contributed by atoms with van der Waals surface area (Å²) in [6.45, 7) is 3.16. The Morgan fingerprint density at radius 3 is 1.08 bits per heavy atom. The molecular weight excluding hydrogens is 989 g/mol. The maximum Gasteiger partial charge on any atom is 1.00 e. The van der Waals surface area contributed by atoms with Gasteiger partial charge in [-0.1, -0.05) is 12.1 Å². The third-order valence-corrected chi connectivity index (χ3v) is 12.3. The van der Waals surface area contributed by atoms with Crippen molar-refractivity contribution in [3.05, 3.63) is 96.1 Å². The van der Waals surface area contributed by atoms with Crippen molar-refractivity contribution in [2.24, 2.45) is 20.5 Å². The van der Waals surface area contributed by atoms with Crippen molar-refractivity contribution < 1.29 is 184 Å². The van der Waals surface area contributed by atoms with E-state index >= 15 is 0 Å². The smallest absolute Gasteiger partial charge is 0.744 e. The molecule has 0 atom stereocenters. The maximum atomic E-state index is 13.3. The number of ether oxygens (including phenoxy) is 2. The van der Waals surface area contributed by atoms with Gasteiger partial charge >= 0.3 is 124 Å². The second kappa shape index (κ2) is 23.4. The standard InChI is InChI=1S/C37H32N6O15S4.4Na/c1-19-9-33(35(57-3)17-29(19)40-42-31-15-25(61(51,52)53)11-21-5-7-23(13-27(21)31)59(45,46)47)38-37(44)39-34-10-20(2)30(18-36(34)58-4)41-43-32-16-26(62(54,55)56)12-22-6-8-24(14-28(22)32)60(48,49)50;;;;/h5-18H,1-4H3,(H2,38,39,44)(H,45,46,47)(H,48,49,50)(H,51,52,53)(H,54,55,56);;;;/q;4*+1/p-4. The number of methoxy groups -OCH3 is 2. The van der Waals surface area contributed by atoms with Crippen LogP contribution in [-0.2, 0) is 40.5 Å². The summed E-state index contributed by atoms with van der Waals surface area (Å²) in [5.74, 6) is 0.140. The minimum absolute atomic E-state index is 0. The number of carbonyl (C=O) groups is 1. The summed E-state index contributed by atoms with van der Waals surface area (Å²) >= 11 is 0. The maximum absolute atomic E-state index is 13.3. The molecule has 0 radical (unpaired) electrons. The van der Waals surface area contributed by atoms with Crippen molar-refractivity contribution in [2.45, 2.75) is 33.4 Å². The van der Waals surface area contributed by atoms with Gasteiger partial charge in [0.05, 0.1) is 67.9 Å². The van der Waals surface area contributed by atoms with Crippen LogP contribution in [-0.4, -0.2) is 72.1 Å². The molecule has 2 amide bonds. The molecule has 0 spiro atoms. The van der Waals surface area contributed by atoms with Crippen LogP contribution in [0.5, 0.6) is 11.5 Å². The van der Waals surface area contributed by atoms with E-state index in [4.69, 9.17) is 9.47 Å². The van der Waals surface area contributed by atoms with Crippen molar-refractivity contribution >= 4 is 102 Å². The number of anilines is 2. The van der Waals surface area contributed by atoms with Crippen LogP contribution in [0.2, 0.25) is 0 Å². The Labute approximate surface area is 466 Å². The van der Waals surface area contributed by atoms with E-state index in [1.807, 2.05) is 0 Å². The molecule has 0 aliphatic heterocycles. The summed E-state index contributed by atoms with van der Waals surface area (Å²) in [5, 5.41) is 21.8. The second-order valence-corrected chi connectivity index (χ2v) is 18.6. The van der Waals surface area contributed by atoms with E-state index in [-0.39, 0.29) is 185 Å². The molecule has 2 N–H and O–H groups in total. The Morgan fingerprint density at radius 1 is 0.455 bits per heavy atom. The SMILES string of the molecule is COc1cc(N=Nc2cc(S(=O)(=O)[O-])cc3ccc(S(=O)(=O)[O-])cc23)c(C)cc1NC(=O)Nc1cc(C)c(N=Nc2cc(S(=O)(=O)[O-])cc3ccc(S(=O)(=O)[O-])cc23)cc1OC.[Na+].[Na+].[Na+].[Na+]. The zero-order chi connectivity index (χ0) is 45.5. The molecule has 21 nitrogen and oxygen atoms in total. The van der Waals surface area contributed by atoms with Gasteiger partial charge in [-0.05, 0) is 96.4 Å². The van der Waals surface area contributed by atoms with Crippen molar-refractivity contribution in [3.63, 3.8) is 0 Å². The number of hydrogen-bond acceptors (Lipinski definition) is 19. The van der Waals surface area contributed by atoms with E-state index in [0.29, 0.717) is 11.1 Å². The molecule has 66 heavy (non-hydrogen) atoms. The quantitative estimate of drug-likeness (QED) is 0.0657. The normalized spacial score (nSPS) is 11.9. The summed E-state index contributed by atoms with van der Waals surface area (Å²) < 4.78 is 152. The van der Waals surface area contributed by atoms with Crippen molar-refractivity contribution in [3.8, 4) is 11.5 Å². The number of fused-ring (bicyclic) bond motifs is 2. The van der Waals surface area contributed by atoms with Gasteiger partial charge in [-0.15, -0.1) is 10.2 Å². The number of azo groups is 2. The monoisotopic (exact) mass is 1020 g/mol. The Bertz CT molecular complexity index is 3180. The first kappa shape index (κ1) is 59.7. The van der Waals surface area contributed by atoms with E-state index in [1.54, 1.807) is 13.8 Å². The Morgan fingerprint density at radius 2 is 0.773 bits per heavy atom. The average Bonchev–Trinajstić information content (AvgIpc) is 3.18. The van der Waals surface area contributed by atoms with E-state index in [1.165, 1.54) is 38.5 Å². The number of rotatable bonds is 12. The predicted octanol–water partition coefficient (Wildman–Crippen LogP) is -5.27.